The lowest BCUT2D eigenvalue weighted by Gasteiger charge is -2.42. The van der Waals surface area contributed by atoms with Crippen molar-refractivity contribution in [1.29, 1.82) is 0 Å². The third-order valence-corrected chi connectivity index (χ3v) is 5.88. The molecular formula is C24H34ClF3N4O5. The molecule has 208 valence electrons. The Morgan fingerprint density at radius 1 is 1.14 bits per heavy atom. The van der Waals surface area contributed by atoms with Gasteiger partial charge in [0.1, 0.15) is 16.6 Å². The van der Waals surface area contributed by atoms with Gasteiger partial charge in [-0.25, -0.2) is 14.8 Å². The molecule has 1 fully saturated rings. The van der Waals surface area contributed by atoms with E-state index in [4.69, 9.17) is 21.1 Å². The summed E-state index contributed by atoms with van der Waals surface area (Å²) in [5, 5.41) is -0.203. The number of hydrogen-bond donors (Lipinski definition) is 0. The molecule has 1 aromatic rings. The van der Waals surface area contributed by atoms with E-state index in [1.54, 1.807) is 20.8 Å². The van der Waals surface area contributed by atoms with Crippen LogP contribution in [0.5, 0.6) is 0 Å². The van der Waals surface area contributed by atoms with E-state index in [1.807, 2.05) is 20.8 Å². The second-order valence-corrected chi connectivity index (χ2v) is 11.4. The van der Waals surface area contributed by atoms with Crippen molar-refractivity contribution in [3.63, 3.8) is 0 Å². The van der Waals surface area contributed by atoms with E-state index in [-0.39, 0.29) is 30.2 Å². The van der Waals surface area contributed by atoms with Gasteiger partial charge in [0.2, 0.25) is 0 Å². The van der Waals surface area contributed by atoms with Crippen LogP contribution >= 0.6 is 11.6 Å². The molecule has 0 N–H and O–H groups in total. The number of halogens is 4. The second-order valence-electron chi connectivity index (χ2n) is 11.0. The summed E-state index contributed by atoms with van der Waals surface area (Å²) < 4.78 is 49.9. The molecule has 0 aromatic carbocycles. The van der Waals surface area contributed by atoms with Crippen LogP contribution in [0.15, 0.2) is 6.20 Å². The third-order valence-electron chi connectivity index (χ3n) is 5.60. The van der Waals surface area contributed by atoms with Gasteiger partial charge in [-0.2, -0.15) is 13.2 Å². The lowest BCUT2D eigenvalue weighted by atomic mass is 9.92. The number of carbonyl (C=O) groups is 3. The fourth-order valence-electron chi connectivity index (χ4n) is 3.83. The molecule has 0 bridgehead atoms. The number of alkyl halides is 3. The minimum Gasteiger partial charge on any atom is -0.469 e. The lowest BCUT2D eigenvalue weighted by Crippen LogP contribution is -2.56. The maximum atomic E-state index is 13.5. The first kappa shape index (κ1) is 30.6. The highest BCUT2D eigenvalue weighted by atomic mass is 35.5. The molecule has 1 aliphatic heterocycles. The van der Waals surface area contributed by atoms with E-state index in [1.165, 1.54) is 18.2 Å². The van der Waals surface area contributed by atoms with E-state index < -0.39 is 60.1 Å². The van der Waals surface area contributed by atoms with Crippen molar-refractivity contribution in [2.45, 2.75) is 77.6 Å². The summed E-state index contributed by atoms with van der Waals surface area (Å²) in [6.07, 6.45) is -5.45. The Labute approximate surface area is 219 Å². The summed E-state index contributed by atoms with van der Waals surface area (Å²) in [5.74, 6) is -2.02. The third kappa shape index (κ3) is 8.72. The summed E-state index contributed by atoms with van der Waals surface area (Å²) in [4.78, 5) is 49.3. The quantitative estimate of drug-likeness (QED) is 0.389. The number of methoxy groups -OCH3 is 1. The van der Waals surface area contributed by atoms with Gasteiger partial charge in [0.25, 0.3) is 5.91 Å². The first-order chi connectivity index (χ1) is 16.8. The molecule has 2 rings (SSSR count). The molecule has 2 atom stereocenters. The van der Waals surface area contributed by atoms with Crippen LogP contribution in [0.3, 0.4) is 0 Å². The topological polar surface area (TPSA) is 102 Å². The Balaban J connectivity index is 2.47. The summed E-state index contributed by atoms with van der Waals surface area (Å²) in [6.45, 7) is 9.57. The Hall–Kier alpha value is -2.63. The van der Waals surface area contributed by atoms with E-state index in [0.717, 1.165) is 4.90 Å². The lowest BCUT2D eigenvalue weighted by molar-refractivity contribution is -0.149. The molecule has 1 aromatic heterocycles. The zero-order valence-electron chi connectivity index (χ0n) is 22.1. The molecule has 2 amide bonds. The van der Waals surface area contributed by atoms with Crippen LogP contribution in [-0.2, 0) is 19.7 Å². The molecule has 9 nitrogen and oxygen atoms in total. The molecule has 37 heavy (non-hydrogen) atoms. The highest BCUT2D eigenvalue weighted by Crippen LogP contribution is 2.29. The van der Waals surface area contributed by atoms with E-state index in [9.17, 15) is 27.6 Å². The highest BCUT2D eigenvalue weighted by molar-refractivity contribution is 6.32. The number of carbonyl (C=O) groups excluding carboxylic acids is 3. The average molecular weight is 551 g/mol. The first-order valence-electron chi connectivity index (χ1n) is 11.8. The Kier molecular flexibility index (Phi) is 9.43. The monoisotopic (exact) mass is 550 g/mol. The van der Waals surface area contributed by atoms with Gasteiger partial charge in [0.15, 0.2) is 0 Å². The number of esters is 1. The van der Waals surface area contributed by atoms with E-state index in [2.05, 4.69) is 9.97 Å². The maximum absolute atomic E-state index is 13.5. The van der Waals surface area contributed by atoms with Crippen LogP contribution in [0.4, 0.5) is 18.0 Å². The first-order valence-corrected chi connectivity index (χ1v) is 12.2. The van der Waals surface area contributed by atoms with Gasteiger partial charge in [0.05, 0.1) is 31.1 Å². The van der Waals surface area contributed by atoms with Gasteiger partial charge in [-0.1, -0.05) is 32.4 Å². The van der Waals surface area contributed by atoms with Crippen molar-refractivity contribution in [2.75, 3.05) is 26.7 Å². The zero-order valence-corrected chi connectivity index (χ0v) is 22.9. The number of piperidine rings is 1. The standard InChI is InChI=1S/C24H34ClF3N4O5/c1-22(2,3)20-29-11-16(17(25)30-20)18(33)32(9-8-24(26,27)28)15-10-14(19(34)36-7)12-31(13-15)21(35)37-23(4,5)6/h11,14-15H,8-10,12-13H2,1-7H3/t14-,15+/m1/s1. The molecular weight excluding hydrogens is 517 g/mol. The number of hydrogen-bond acceptors (Lipinski definition) is 7. The minimum atomic E-state index is -4.56. The number of ether oxygens (including phenoxy) is 2. The van der Waals surface area contributed by atoms with Crippen molar-refractivity contribution >= 4 is 29.6 Å². The van der Waals surface area contributed by atoms with E-state index >= 15 is 0 Å². The number of nitrogens with zero attached hydrogens (tertiary/aromatic N) is 4. The van der Waals surface area contributed by atoms with Crippen molar-refractivity contribution in [3.8, 4) is 0 Å². The molecule has 2 heterocycles. The van der Waals surface area contributed by atoms with Crippen LogP contribution in [0.25, 0.3) is 0 Å². The van der Waals surface area contributed by atoms with Gasteiger partial charge in [-0.15, -0.1) is 0 Å². The van der Waals surface area contributed by atoms with E-state index in [0.29, 0.717) is 5.82 Å². The highest BCUT2D eigenvalue weighted by Gasteiger charge is 2.41. The number of likely N-dealkylation sites (tertiary alicyclic amines) is 1. The summed E-state index contributed by atoms with van der Waals surface area (Å²) in [5.41, 5.74) is -1.51. The number of aromatic nitrogens is 2. The Morgan fingerprint density at radius 2 is 1.76 bits per heavy atom. The average Bonchev–Trinajstić information content (AvgIpc) is 2.75. The second kappa shape index (κ2) is 11.4. The van der Waals surface area contributed by atoms with Gasteiger partial charge >= 0.3 is 18.2 Å². The molecule has 0 spiro atoms. The van der Waals surface area contributed by atoms with Crippen LogP contribution < -0.4 is 0 Å². The van der Waals surface area contributed by atoms with Gasteiger partial charge in [-0.3, -0.25) is 9.59 Å². The predicted molar refractivity (Wildman–Crippen MR) is 129 cm³/mol. The van der Waals surface area contributed by atoms with Crippen molar-refractivity contribution < 1.29 is 37.0 Å². The van der Waals surface area contributed by atoms with Gasteiger partial charge < -0.3 is 19.3 Å². The molecule has 13 heteroatoms. The van der Waals surface area contributed by atoms with Crippen molar-refractivity contribution in [2.24, 2.45) is 5.92 Å². The molecule has 1 saturated heterocycles. The van der Waals surface area contributed by atoms with Crippen molar-refractivity contribution in [3.05, 3.63) is 22.7 Å². The molecule has 1 aliphatic rings. The summed E-state index contributed by atoms with van der Waals surface area (Å²) in [6, 6.07) is -0.960. The van der Waals surface area contributed by atoms with Gasteiger partial charge in [0, 0.05) is 31.2 Å². The number of rotatable bonds is 5. The SMILES string of the molecule is COC(=O)[C@@H]1C[C@H](N(CCC(F)(F)F)C(=O)c2cnc(C(C)(C)C)nc2Cl)CN(C(=O)OC(C)(C)C)C1. The fourth-order valence-corrected chi connectivity index (χ4v) is 4.04. The fraction of sp³-hybridized carbons (Fsp3) is 0.708. The number of amides is 2. The zero-order chi connectivity index (χ0) is 28.3. The van der Waals surface area contributed by atoms with Gasteiger partial charge in [-0.05, 0) is 27.2 Å². The van der Waals surface area contributed by atoms with Crippen LogP contribution in [0.2, 0.25) is 5.15 Å². The van der Waals surface area contributed by atoms with Crippen LogP contribution in [-0.4, -0.2) is 82.3 Å². The smallest absolute Gasteiger partial charge is 0.410 e. The predicted octanol–water partition coefficient (Wildman–Crippen LogP) is 4.62. The maximum Gasteiger partial charge on any atom is 0.410 e. The minimum absolute atomic E-state index is 0.0197. The summed E-state index contributed by atoms with van der Waals surface area (Å²) >= 11 is 6.28. The Bertz CT molecular complexity index is 1010. The van der Waals surface area contributed by atoms with Crippen molar-refractivity contribution in [1.82, 2.24) is 19.8 Å². The Morgan fingerprint density at radius 3 is 2.24 bits per heavy atom. The normalized spacial score (nSPS) is 18.8. The van der Waals surface area contributed by atoms with Crippen LogP contribution in [0, 0.1) is 5.92 Å². The molecule has 0 radical (unpaired) electrons. The molecule has 0 saturated carbocycles. The summed E-state index contributed by atoms with van der Waals surface area (Å²) in [7, 11) is 1.17. The molecule has 0 aliphatic carbocycles. The largest absolute Gasteiger partial charge is 0.469 e. The molecule has 0 unspecified atom stereocenters. The van der Waals surface area contributed by atoms with Crippen LogP contribution in [0.1, 0.15) is 70.6 Å².